The number of nitrogens with two attached hydrogens (primary N) is 1. The van der Waals surface area contributed by atoms with E-state index in [2.05, 4.69) is 5.32 Å². The second-order valence-corrected chi connectivity index (χ2v) is 6.69. The number of carbonyl (C=O) groups excluding carboxylic acids is 3. The normalized spacial score (nSPS) is 18.7. The molecular weight excluding hydrogens is 330 g/mol. The van der Waals surface area contributed by atoms with Crippen LogP contribution in [0.15, 0.2) is 18.2 Å². The Bertz CT molecular complexity index is 702. The van der Waals surface area contributed by atoms with E-state index >= 15 is 0 Å². The van der Waals surface area contributed by atoms with Crippen LogP contribution in [0, 0.1) is 12.8 Å². The predicted octanol–water partition coefficient (Wildman–Crippen LogP) is 1.26. The molecule has 1 atom stereocenters. The van der Waals surface area contributed by atoms with Gasteiger partial charge in [0.05, 0.1) is 16.7 Å². The number of aryl methyl sites for hydroxylation is 1. The van der Waals surface area contributed by atoms with Crippen molar-refractivity contribution in [1.29, 1.82) is 0 Å². The lowest BCUT2D eigenvalue weighted by atomic mass is 9.96. The van der Waals surface area contributed by atoms with Crippen molar-refractivity contribution < 1.29 is 14.4 Å². The van der Waals surface area contributed by atoms with Gasteiger partial charge in [0.15, 0.2) is 0 Å². The fourth-order valence-corrected chi connectivity index (χ4v) is 3.09. The molecule has 1 aromatic carbocycles. The number of nitrogens with zero attached hydrogens (tertiary/aromatic N) is 1. The van der Waals surface area contributed by atoms with Crippen molar-refractivity contribution in [3.63, 3.8) is 0 Å². The van der Waals surface area contributed by atoms with Crippen LogP contribution in [0.2, 0.25) is 0 Å². The molecule has 0 spiro atoms. The number of fused-ring (bicyclic) bond motifs is 1. The van der Waals surface area contributed by atoms with Gasteiger partial charge in [-0.3, -0.25) is 19.3 Å². The van der Waals surface area contributed by atoms with Crippen LogP contribution in [0.25, 0.3) is 0 Å². The van der Waals surface area contributed by atoms with E-state index in [-0.39, 0.29) is 24.9 Å². The molecular formula is C17H22ClN3O3. The summed E-state index contributed by atoms with van der Waals surface area (Å²) in [5.74, 6) is -0.803. The zero-order valence-corrected chi connectivity index (χ0v) is 14.6. The van der Waals surface area contributed by atoms with Crippen molar-refractivity contribution in [2.24, 2.45) is 11.7 Å². The minimum absolute atomic E-state index is 0. The third-order valence-electron chi connectivity index (χ3n) is 4.76. The Morgan fingerprint density at radius 2 is 1.92 bits per heavy atom. The van der Waals surface area contributed by atoms with Gasteiger partial charge < -0.3 is 11.1 Å². The molecule has 0 saturated heterocycles. The van der Waals surface area contributed by atoms with Crippen molar-refractivity contribution >= 4 is 30.1 Å². The van der Waals surface area contributed by atoms with E-state index < -0.39 is 17.4 Å². The first-order valence-electron chi connectivity index (χ1n) is 7.83. The van der Waals surface area contributed by atoms with Crippen LogP contribution >= 0.6 is 12.4 Å². The standard InChI is InChI=1S/C17H21N3O3.ClH/c1-10-3-6-12-13(7-10)16(23)20(15(12)22)8-14(21)19-17(2,9-18)11-4-5-11;/h3,6-7,11H,4-5,8-9,18H2,1-2H3,(H,19,21);1H. The monoisotopic (exact) mass is 351 g/mol. The van der Waals surface area contributed by atoms with Crippen LogP contribution in [-0.4, -0.2) is 41.2 Å². The van der Waals surface area contributed by atoms with Crippen LogP contribution in [0.5, 0.6) is 0 Å². The van der Waals surface area contributed by atoms with E-state index in [0.29, 0.717) is 23.6 Å². The van der Waals surface area contributed by atoms with Gasteiger partial charge in [0.2, 0.25) is 5.91 Å². The first kappa shape index (κ1) is 18.4. The van der Waals surface area contributed by atoms with Gasteiger partial charge in [-0.2, -0.15) is 0 Å². The topological polar surface area (TPSA) is 92.5 Å². The summed E-state index contributed by atoms with van der Waals surface area (Å²) in [7, 11) is 0. The van der Waals surface area contributed by atoms with E-state index in [1.165, 1.54) is 0 Å². The number of amides is 3. The number of rotatable bonds is 5. The molecule has 1 aromatic rings. The summed E-state index contributed by atoms with van der Waals surface area (Å²) in [6, 6.07) is 5.10. The average molecular weight is 352 g/mol. The molecule has 1 unspecified atom stereocenters. The molecule has 7 heteroatoms. The van der Waals surface area contributed by atoms with Crippen molar-refractivity contribution in [2.75, 3.05) is 13.1 Å². The maximum atomic E-state index is 12.4. The van der Waals surface area contributed by atoms with Crippen LogP contribution in [0.4, 0.5) is 0 Å². The number of halogens is 1. The van der Waals surface area contributed by atoms with E-state index in [9.17, 15) is 14.4 Å². The van der Waals surface area contributed by atoms with Crippen molar-refractivity contribution in [1.82, 2.24) is 10.2 Å². The van der Waals surface area contributed by atoms with Crippen molar-refractivity contribution in [2.45, 2.75) is 32.2 Å². The molecule has 0 radical (unpaired) electrons. The van der Waals surface area contributed by atoms with Gasteiger partial charge in [-0.05, 0) is 44.7 Å². The second kappa shape index (κ2) is 6.53. The minimum Gasteiger partial charge on any atom is -0.348 e. The molecule has 1 aliphatic heterocycles. The molecule has 3 rings (SSSR count). The van der Waals surface area contributed by atoms with Crippen LogP contribution in [-0.2, 0) is 4.79 Å². The highest BCUT2D eigenvalue weighted by atomic mass is 35.5. The maximum Gasteiger partial charge on any atom is 0.262 e. The van der Waals surface area contributed by atoms with Gasteiger partial charge >= 0.3 is 0 Å². The van der Waals surface area contributed by atoms with Gasteiger partial charge in [-0.25, -0.2) is 0 Å². The van der Waals surface area contributed by atoms with Crippen LogP contribution < -0.4 is 11.1 Å². The Morgan fingerprint density at radius 1 is 1.29 bits per heavy atom. The third-order valence-corrected chi connectivity index (χ3v) is 4.76. The largest absolute Gasteiger partial charge is 0.348 e. The zero-order chi connectivity index (χ0) is 16.8. The van der Waals surface area contributed by atoms with Gasteiger partial charge in [-0.1, -0.05) is 11.6 Å². The lowest BCUT2D eigenvalue weighted by Crippen LogP contribution is -2.55. The Labute approximate surface area is 147 Å². The van der Waals surface area contributed by atoms with Crippen LogP contribution in [0.3, 0.4) is 0 Å². The molecule has 0 aromatic heterocycles. The zero-order valence-electron chi connectivity index (χ0n) is 13.8. The lowest BCUT2D eigenvalue weighted by molar-refractivity contribution is -0.123. The maximum absolute atomic E-state index is 12.4. The Morgan fingerprint density at radius 3 is 2.50 bits per heavy atom. The van der Waals surface area contributed by atoms with Gasteiger partial charge in [0.1, 0.15) is 6.54 Å². The lowest BCUT2D eigenvalue weighted by Gasteiger charge is -2.30. The quantitative estimate of drug-likeness (QED) is 0.781. The molecule has 1 saturated carbocycles. The molecule has 1 fully saturated rings. The Hall–Kier alpha value is -1.92. The molecule has 3 N–H and O–H groups in total. The fraction of sp³-hybridized carbons (Fsp3) is 0.471. The fourth-order valence-electron chi connectivity index (χ4n) is 3.09. The molecule has 24 heavy (non-hydrogen) atoms. The number of nitrogens with one attached hydrogen (secondary N) is 1. The first-order valence-corrected chi connectivity index (χ1v) is 7.83. The van der Waals surface area contributed by atoms with Crippen molar-refractivity contribution in [3.8, 4) is 0 Å². The summed E-state index contributed by atoms with van der Waals surface area (Å²) < 4.78 is 0. The van der Waals surface area contributed by atoms with Gasteiger partial charge in [0.25, 0.3) is 11.8 Å². The molecule has 6 nitrogen and oxygen atoms in total. The summed E-state index contributed by atoms with van der Waals surface area (Å²) in [5.41, 5.74) is 6.95. The highest BCUT2D eigenvalue weighted by molar-refractivity contribution is 6.22. The predicted molar refractivity (Wildman–Crippen MR) is 92.1 cm³/mol. The molecule has 3 amide bonds. The minimum atomic E-state index is -0.466. The average Bonchev–Trinajstić information content (AvgIpc) is 3.33. The van der Waals surface area contributed by atoms with Gasteiger partial charge in [-0.15, -0.1) is 12.4 Å². The smallest absolute Gasteiger partial charge is 0.262 e. The number of carbonyl (C=O) groups is 3. The Kier molecular flexibility index (Phi) is 5.01. The summed E-state index contributed by atoms with van der Waals surface area (Å²) in [5, 5.41) is 2.90. The summed E-state index contributed by atoms with van der Waals surface area (Å²) in [6.07, 6.45) is 2.08. The molecule has 2 aliphatic rings. The highest BCUT2D eigenvalue weighted by Gasteiger charge is 2.43. The number of imide groups is 1. The summed E-state index contributed by atoms with van der Waals surface area (Å²) in [4.78, 5) is 38.0. The number of hydrogen-bond donors (Lipinski definition) is 2. The number of hydrogen-bond acceptors (Lipinski definition) is 4. The first-order chi connectivity index (χ1) is 10.9. The van der Waals surface area contributed by atoms with Crippen molar-refractivity contribution in [3.05, 3.63) is 34.9 Å². The molecule has 1 heterocycles. The second-order valence-electron chi connectivity index (χ2n) is 6.69. The van der Waals surface area contributed by atoms with E-state index in [0.717, 1.165) is 23.3 Å². The highest BCUT2D eigenvalue weighted by Crippen LogP contribution is 2.39. The Balaban J connectivity index is 0.00000208. The summed E-state index contributed by atoms with van der Waals surface area (Å²) in [6.45, 7) is 3.84. The molecule has 130 valence electrons. The van der Waals surface area contributed by atoms with E-state index in [4.69, 9.17) is 5.73 Å². The summed E-state index contributed by atoms with van der Waals surface area (Å²) >= 11 is 0. The molecule has 0 bridgehead atoms. The van der Waals surface area contributed by atoms with E-state index in [1.807, 2.05) is 13.8 Å². The number of benzene rings is 1. The van der Waals surface area contributed by atoms with Crippen LogP contribution in [0.1, 0.15) is 46.0 Å². The van der Waals surface area contributed by atoms with Gasteiger partial charge in [0, 0.05) is 6.54 Å². The molecule has 1 aliphatic carbocycles. The SMILES string of the molecule is Cc1ccc2c(c1)C(=O)N(CC(=O)NC(C)(CN)C1CC1)C2=O.Cl. The third kappa shape index (κ3) is 3.16. The van der Waals surface area contributed by atoms with E-state index in [1.54, 1.807) is 18.2 Å².